The molecular weight excluding hydrogens is 184 g/mol. The molecule has 2 nitrogen and oxygen atoms in total. The van der Waals surface area contributed by atoms with Crippen LogP contribution in [0.25, 0.3) is 0 Å². The molecule has 78 valence electrons. The average molecular weight is 204 g/mol. The summed E-state index contributed by atoms with van der Waals surface area (Å²) in [5.41, 5.74) is 0. The molecule has 0 N–H and O–H groups in total. The second-order valence-electron chi connectivity index (χ2n) is 3.98. The molecule has 0 spiro atoms. The van der Waals surface area contributed by atoms with Crippen molar-refractivity contribution in [2.45, 2.75) is 51.4 Å². The molecule has 1 aliphatic rings. The molecule has 1 saturated heterocycles. The van der Waals surface area contributed by atoms with Crippen LogP contribution < -0.4 is 0 Å². The fourth-order valence-corrected chi connectivity index (χ4v) is 3.30. The lowest BCUT2D eigenvalue weighted by Gasteiger charge is -2.01. The summed E-state index contributed by atoms with van der Waals surface area (Å²) in [6.45, 7) is 0. The molecule has 0 radical (unpaired) electrons. The predicted octanol–water partition coefficient (Wildman–Crippen LogP) is 2.54. The van der Waals surface area contributed by atoms with Crippen LogP contribution in [0.2, 0.25) is 0 Å². The van der Waals surface area contributed by atoms with Crippen LogP contribution in [-0.2, 0) is 9.84 Å². The van der Waals surface area contributed by atoms with E-state index in [1.165, 1.54) is 25.7 Å². The molecule has 0 aliphatic carbocycles. The van der Waals surface area contributed by atoms with Crippen LogP contribution >= 0.6 is 0 Å². The molecule has 0 saturated carbocycles. The van der Waals surface area contributed by atoms with E-state index in [0.717, 1.165) is 25.7 Å². The van der Waals surface area contributed by atoms with Gasteiger partial charge in [-0.2, -0.15) is 0 Å². The molecule has 0 amide bonds. The molecule has 0 atom stereocenters. The van der Waals surface area contributed by atoms with Gasteiger partial charge in [-0.3, -0.25) is 0 Å². The Morgan fingerprint density at radius 3 is 1.23 bits per heavy atom. The Kier molecular flexibility index (Phi) is 4.78. The highest BCUT2D eigenvalue weighted by molar-refractivity contribution is 7.91. The van der Waals surface area contributed by atoms with Gasteiger partial charge in [-0.25, -0.2) is 8.42 Å². The van der Waals surface area contributed by atoms with Crippen molar-refractivity contribution in [3.8, 4) is 0 Å². The van der Waals surface area contributed by atoms with E-state index in [1.807, 2.05) is 0 Å². The Morgan fingerprint density at radius 1 is 0.538 bits per heavy atom. The zero-order chi connectivity index (χ0) is 9.57. The first-order chi connectivity index (χ1) is 6.21. The van der Waals surface area contributed by atoms with E-state index in [2.05, 4.69) is 0 Å². The molecule has 1 rings (SSSR count). The first-order valence-electron chi connectivity index (χ1n) is 5.41. The van der Waals surface area contributed by atoms with Crippen LogP contribution in [0.4, 0.5) is 0 Å². The van der Waals surface area contributed by atoms with Crippen LogP contribution in [-0.4, -0.2) is 19.9 Å². The SMILES string of the molecule is O=S1(=O)CCCCCCCCCC1. The molecule has 1 aliphatic heterocycles. The van der Waals surface area contributed by atoms with Crippen LogP contribution in [0.5, 0.6) is 0 Å². The van der Waals surface area contributed by atoms with Gasteiger partial charge in [0.25, 0.3) is 0 Å². The number of rotatable bonds is 0. The van der Waals surface area contributed by atoms with E-state index < -0.39 is 9.84 Å². The zero-order valence-corrected chi connectivity index (χ0v) is 9.11. The van der Waals surface area contributed by atoms with Crippen molar-refractivity contribution in [3.63, 3.8) is 0 Å². The van der Waals surface area contributed by atoms with Gasteiger partial charge >= 0.3 is 0 Å². The summed E-state index contributed by atoms with van der Waals surface area (Å²) < 4.78 is 22.8. The summed E-state index contributed by atoms with van der Waals surface area (Å²) in [7, 11) is -2.70. The van der Waals surface area contributed by atoms with Gasteiger partial charge in [-0.05, 0) is 12.8 Å². The standard InChI is InChI=1S/C10H20O2S/c11-13(12)9-7-5-3-1-2-4-6-8-10-13/h1-10H2. The van der Waals surface area contributed by atoms with Gasteiger partial charge in [0.15, 0.2) is 0 Å². The third kappa shape index (κ3) is 5.29. The van der Waals surface area contributed by atoms with Gasteiger partial charge < -0.3 is 0 Å². The Morgan fingerprint density at radius 2 is 0.846 bits per heavy atom. The van der Waals surface area contributed by atoms with E-state index in [1.54, 1.807) is 0 Å². The van der Waals surface area contributed by atoms with Crippen molar-refractivity contribution in [3.05, 3.63) is 0 Å². The first-order valence-corrected chi connectivity index (χ1v) is 7.23. The van der Waals surface area contributed by atoms with Crippen molar-refractivity contribution < 1.29 is 8.42 Å². The normalized spacial score (nSPS) is 26.2. The molecule has 13 heavy (non-hydrogen) atoms. The molecule has 1 fully saturated rings. The maximum atomic E-state index is 11.4. The van der Waals surface area contributed by atoms with Gasteiger partial charge in [0, 0.05) is 0 Å². The van der Waals surface area contributed by atoms with Crippen molar-refractivity contribution in [1.82, 2.24) is 0 Å². The summed E-state index contributed by atoms with van der Waals surface area (Å²) in [6, 6.07) is 0. The third-order valence-corrected chi connectivity index (χ3v) is 4.48. The first kappa shape index (κ1) is 11.0. The largest absolute Gasteiger partial charge is 0.229 e. The molecule has 0 aromatic carbocycles. The Hall–Kier alpha value is -0.0500. The lowest BCUT2D eigenvalue weighted by atomic mass is 10.1. The highest BCUT2D eigenvalue weighted by Crippen LogP contribution is 2.12. The second kappa shape index (κ2) is 5.63. The Balaban J connectivity index is 2.36. The van der Waals surface area contributed by atoms with Crippen LogP contribution in [0.15, 0.2) is 0 Å². The monoisotopic (exact) mass is 204 g/mol. The minimum Gasteiger partial charge on any atom is -0.229 e. The van der Waals surface area contributed by atoms with Crippen LogP contribution in [0, 0.1) is 0 Å². The van der Waals surface area contributed by atoms with Crippen molar-refractivity contribution in [2.24, 2.45) is 0 Å². The predicted molar refractivity (Wildman–Crippen MR) is 55.6 cm³/mol. The maximum absolute atomic E-state index is 11.4. The molecule has 1 heterocycles. The van der Waals surface area contributed by atoms with E-state index in [4.69, 9.17) is 0 Å². The fourth-order valence-electron chi connectivity index (χ4n) is 1.81. The maximum Gasteiger partial charge on any atom is 0.150 e. The highest BCUT2D eigenvalue weighted by Gasteiger charge is 2.10. The lowest BCUT2D eigenvalue weighted by Crippen LogP contribution is -2.10. The number of sulfone groups is 1. The summed E-state index contributed by atoms with van der Waals surface area (Å²) in [4.78, 5) is 0. The summed E-state index contributed by atoms with van der Waals surface area (Å²) in [5.74, 6) is 0.847. The van der Waals surface area contributed by atoms with Crippen LogP contribution in [0.1, 0.15) is 51.4 Å². The fraction of sp³-hybridized carbons (Fsp3) is 1.00. The van der Waals surface area contributed by atoms with E-state index in [-0.39, 0.29) is 0 Å². The van der Waals surface area contributed by atoms with E-state index >= 15 is 0 Å². The molecular formula is C10H20O2S. The number of hydrogen-bond donors (Lipinski definition) is 0. The summed E-state index contributed by atoms with van der Waals surface area (Å²) >= 11 is 0. The van der Waals surface area contributed by atoms with Gasteiger partial charge in [0.2, 0.25) is 0 Å². The van der Waals surface area contributed by atoms with Gasteiger partial charge in [0.05, 0.1) is 11.5 Å². The molecule has 0 aromatic heterocycles. The van der Waals surface area contributed by atoms with E-state index in [9.17, 15) is 8.42 Å². The minimum absolute atomic E-state index is 0.424. The second-order valence-corrected chi connectivity index (χ2v) is 6.28. The Labute approximate surface area is 81.6 Å². The van der Waals surface area contributed by atoms with Crippen LogP contribution in [0.3, 0.4) is 0 Å². The molecule has 0 unspecified atom stereocenters. The van der Waals surface area contributed by atoms with Crippen molar-refractivity contribution in [2.75, 3.05) is 11.5 Å². The lowest BCUT2D eigenvalue weighted by molar-refractivity contribution is 0.587. The van der Waals surface area contributed by atoms with Gasteiger partial charge in [-0.1, -0.05) is 38.5 Å². The van der Waals surface area contributed by atoms with Crippen molar-refractivity contribution >= 4 is 9.84 Å². The minimum atomic E-state index is -2.70. The highest BCUT2D eigenvalue weighted by atomic mass is 32.2. The average Bonchev–Trinajstić information content (AvgIpc) is 2.10. The summed E-state index contributed by atoms with van der Waals surface area (Å²) in [6.07, 6.45) is 8.97. The van der Waals surface area contributed by atoms with Crippen molar-refractivity contribution in [1.29, 1.82) is 0 Å². The number of hydrogen-bond acceptors (Lipinski definition) is 2. The Bertz CT molecular complexity index is 201. The topological polar surface area (TPSA) is 34.1 Å². The molecule has 0 aromatic rings. The van der Waals surface area contributed by atoms with Gasteiger partial charge in [-0.15, -0.1) is 0 Å². The molecule has 0 bridgehead atoms. The summed E-state index contributed by atoms with van der Waals surface area (Å²) in [5, 5.41) is 0. The van der Waals surface area contributed by atoms with Gasteiger partial charge in [0.1, 0.15) is 9.84 Å². The quantitative estimate of drug-likeness (QED) is 0.607. The third-order valence-electron chi connectivity index (χ3n) is 2.66. The smallest absolute Gasteiger partial charge is 0.150 e. The van der Waals surface area contributed by atoms with E-state index in [0.29, 0.717) is 11.5 Å². The molecule has 3 heteroatoms. The zero-order valence-electron chi connectivity index (χ0n) is 8.30.